The minimum absolute atomic E-state index is 0.241. The van der Waals surface area contributed by atoms with Crippen molar-refractivity contribution in [2.45, 2.75) is 84.0 Å². The van der Waals surface area contributed by atoms with Crippen molar-refractivity contribution in [2.24, 2.45) is 0 Å². The Kier molecular flexibility index (Phi) is 11.9. The monoisotopic (exact) mass is 334 g/mol. The summed E-state index contributed by atoms with van der Waals surface area (Å²) in [6.45, 7) is 2.93. The maximum atomic E-state index is 11.3. The summed E-state index contributed by atoms with van der Waals surface area (Å²) in [5.74, 6) is 0.394. The Morgan fingerprint density at radius 1 is 0.750 bits per heavy atom. The summed E-state index contributed by atoms with van der Waals surface area (Å²) >= 11 is 0. The van der Waals surface area contributed by atoms with Crippen LogP contribution in [0.2, 0.25) is 0 Å². The van der Waals surface area contributed by atoms with Crippen LogP contribution in [-0.2, 0) is 0 Å². The zero-order valence-corrected chi connectivity index (χ0v) is 15.3. The van der Waals surface area contributed by atoms with Crippen LogP contribution in [-0.4, -0.2) is 11.7 Å². The van der Waals surface area contributed by atoms with Crippen molar-refractivity contribution < 1.29 is 9.84 Å². The van der Waals surface area contributed by atoms with Crippen LogP contribution in [0.3, 0.4) is 0 Å². The molecule has 0 amide bonds. The molecular weight excluding hydrogens is 300 g/mol. The van der Waals surface area contributed by atoms with Crippen molar-refractivity contribution in [1.82, 2.24) is 0 Å². The second-order valence-electron chi connectivity index (χ2n) is 6.56. The molecule has 1 rings (SSSR count). The summed E-state index contributed by atoms with van der Waals surface area (Å²) in [5.41, 5.74) is -0.379. The summed E-state index contributed by atoms with van der Waals surface area (Å²) in [4.78, 5) is 11.3. The molecule has 1 aromatic rings. The third-order valence-electron chi connectivity index (χ3n) is 4.32. The first-order valence-corrected chi connectivity index (χ1v) is 9.70. The van der Waals surface area contributed by atoms with Gasteiger partial charge in [0.05, 0.1) is 6.61 Å². The van der Waals surface area contributed by atoms with Crippen LogP contribution in [0.15, 0.2) is 29.1 Å². The molecule has 0 aromatic heterocycles. The molecule has 24 heavy (non-hydrogen) atoms. The number of hydrogen-bond acceptors (Lipinski definition) is 3. The highest BCUT2D eigenvalue weighted by atomic mass is 16.5. The van der Waals surface area contributed by atoms with Crippen molar-refractivity contribution >= 4 is 0 Å². The molecule has 1 aromatic carbocycles. The van der Waals surface area contributed by atoms with Gasteiger partial charge in [-0.15, -0.1) is 0 Å². The second-order valence-corrected chi connectivity index (χ2v) is 6.56. The standard InChI is InChI=1S/C21H34O3/c1-2-3-4-5-6-7-8-9-10-11-12-13-18-24-19-14-16-20(22)21(23)17-15-19/h14-17H,2-13,18H2,1H3,(H,22,23). The minimum atomic E-state index is -0.379. The largest absolute Gasteiger partial charge is 0.504 e. The van der Waals surface area contributed by atoms with E-state index in [2.05, 4.69) is 6.92 Å². The average molecular weight is 334 g/mol. The van der Waals surface area contributed by atoms with Crippen molar-refractivity contribution in [3.05, 3.63) is 34.5 Å². The van der Waals surface area contributed by atoms with Crippen LogP contribution in [0, 0.1) is 0 Å². The van der Waals surface area contributed by atoms with E-state index in [0.29, 0.717) is 12.4 Å². The third kappa shape index (κ3) is 10.3. The molecule has 0 aliphatic carbocycles. The molecule has 0 fully saturated rings. The smallest absolute Gasteiger partial charge is 0.220 e. The fraction of sp³-hybridized carbons (Fsp3) is 0.667. The van der Waals surface area contributed by atoms with Crippen molar-refractivity contribution in [1.29, 1.82) is 0 Å². The van der Waals surface area contributed by atoms with Crippen molar-refractivity contribution in [2.75, 3.05) is 6.61 Å². The Morgan fingerprint density at radius 2 is 1.25 bits per heavy atom. The molecule has 0 aliphatic heterocycles. The van der Waals surface area contributed by atoms with Gasteiger partial charge in [-0.05, 0) is 30.7 Å². The molecule has 0 spiro atoms. The Morgan fingerprint density at radius 3 is 1.83 bits per heavy atom. The Hall–Kier alpha value is -1.51. The molecule has 3 heteroatoms. The van der Waals surface area contributed by atoms with E-state index in [9.17, 15) is 9.90 Å². The summed E-state index contributed by atoms with van der Waals surface area (Å²) in [7, 11) is 0. The first-order chi connectivity index (χ1) is 11.7. The van der Waals surface area contributed by atoms with Crippen LogP contribution >= 0.6 is 0 Å². The first-order valence-electron chi connectivity index (χ1n) is 9.70. The van der Waals surface area contributed by atoms with Gasteiger partial charge in [0.15, 0.2) is 5.75 Å². The maximum absolute atomic E-state index is 11.3. The van der Waals surface area contributed by atoms with Gasteiger partial charge in [0, 0.05) is 0 Å². The summed E-state index contributed by atoms with van der Waals surface area (Å²) in [6.07, 6.45) is 15.9. The molecule has 0 unspecified atom stereocenters. The molecule has 0 radical (unpaired) electrons. The van der Waals surface area contributed by atoms with Gasteiger partial charge >= 0.3 is 0 Å². The molecule has 1 N–H and O–H groups in total. The number of unbranched alkanes of at least 4 members (excludes halogenated alkanes) is 11. The quantitative estimate of drug-likeness (QED) is 0.435. The summed E-state index contributed by atoms with van der Waals surface area (Å²) in [5, 5.41) is 9.32. The van der Waals surface area contributed by atoms with Crippen molar-refractivity contribution in [3.63, 3.8) is 0 Å². The summed E-state index contributed by atoms with van der Waals surface area (Å²) < 4.78 is 5.62. The fourth-order valence-electron chi connectivity index (χ4n) is 2.77. The predicted octanol–water partition coefficient (Wildman–Crippen LogP) is 5.83. The van der Waals surface area contributed by atoms with Crippen LogP contribution in [0.5, 0.6) is 11.5 Å². The molecule has 0 saturated carbocycles. The number of aromatic hydroxyl groups is 1. The lowest BCUT2D eigenvalue weighted by Gasteiger charge is -2.05. The number of hydrogen-bond donors (Lipinski definition) is 1. The average Bonchev–Trinajstić information content (AvgIpc) is 2.74. The molecule has 3 nitrogen and oxygen atoms in total. The van der Waals surface area contributed by atoms with Crippen molar-refractivity contribution in [3.8, 4) is 11.5 Å². The van der Waals surface area contributed by atoms with Gasteiger partial charge in [-0.2, -0.15) is 0 Å². The molecule has 0 saturated heterocycles. The molecule has 0 heterocycles. The van der Waals surface area contributed by atoms with E-state index in [1.165, 1.54) is 82.8 Å². The highest BCUT2D eigenvalue weighted by Crippen LogP contribution is 2.13. The van der Waals surface area contributed by atoms with Gasteiger partial charge in [-0.3, -0.25) is 4.79 Å². The lowest BCUT2D eigenvalue weighted by atomic mass is 10.1. The van der Waals surface area contributed by atoms with E-state index in [1.54, 1.807) is 12.1 Å². The highest BCUT2D eigenvalue weighted by molar-refractivity contribution is 5.27. The van der Waals surface area contributed by atoms with Crippen LogP contribution < -0.4 is 10.2 Å². The molecule has 0 aliphatic rings. The highest BCUT2D eigenvalue weighted by Gasteiger charge is 1.97. The van der Waals surface area contributed by atoms with Crippen LogP contribution in [0.25, 0.3) is 0 Å². The van der Waals surface area contributed by atoms with Gasteiger partial charge in [0.2, 0.25) is 5.43 Å². The van der Waals surface area contributed by atoms with E-state index < -0.39 is 0 Å². The van der Waals surface area contributed by atoms with Gasteiger partial charge in [-0.1, -0.05) is 77.6 Å². The van der Waals surface area contributed by atoms with Crippen LogP contribution in [0.4, 0.5) is 0 Å². The Bertz CT molecular complexity index is 485. The number of rotatable bonds is 14. The normalized spacial score (nSPS) is 10.7. The zero-order chi connectivity index (χ0) is 17.5. The van der Waals surface area contributed by atoms with E-state index in [4.69, 9.17) is 4.74 Å². The van der Waals surface area contributed by atoms with Gasteiger partial charge in [0.1, 0.15) is 5.75 Å². The van der Waals surface area contributed by atoms with Gasteiger partial charge in [-0.25, -0.2) is 0 Å². The van der Waals surface area contributed by atoms with E-state index >= 15 is 0 Å². The Balaban J connectivity index is 1.92. The third-order valence-corrected chi connectivity index (χ3v) is 4.32. The van der Waals surface area contributed by atoms with E-state index in [0.717, 1.165) is 6.42 Å². The maximum Gasteiger partial charge on any atom is 0.220 e. The van der Waals surface area contributed by atoms with E-state index in [1.807, 2.05) is 0 Å². The predicted molar refractivity (Wildman–Crippen MR) is 101 cm³/mol. The number of ether oxygens (including phenoxy) is 1. The second kappa shape index (κ2) is 13.9. The summed E-state index contributed by atoms with van der Waals surface area (Å²) in [6, 6.07) is 5.98. The van der Waals surface area contributed by atoms with Gasteiger partial charge < -0.3 is 9.84 Å². The lowest BCUT2D eigenvalue weighted by Crippen LogP contribution is -1.96. The van der Waals surface area contributed by atoms with Crippen LogP contribution in [0.1, 0.15) is 84.0 Å². The molecule has 136 valence electrons. The minimum Gasteiger partial charge on any atom is -0.504 e. The Labute approximate surface area is 147 Å². The topological polar surface area (TPSA) is 46.5 Å². The lowest BCUT2D eigenvalue weighted by molar-refractivity contribution is 0.304. The zero-order valence-electron chi connectivity index (χ0n) is 15.3. The van der Waals surface area contributed by atoms with E-state index in [-0.39, 0.29) is 11.2 Å². The molecular formula is C21H34O3. The SMILES string of the molecule is CCCCCCCCCCCCCCOc1ccc(O)c(=O)cc1. The fourth-order valence-corrected chi connectivity index (χ4v) is 2.77. The van der Waals surface area contributed by atoms with Gasteiger partial charge in [0.25, 0.3) is 0 Å². The molecule has 0 bridgehead atoms. The first kappa shape index (κ1) is 20.5. The molecule has 0 atom stereocenters.